The van der Waals surface area contributed by atoms with Crippen LogP contribution in [-0.2, 0) is 11.3 Å². The number of hydrogen-bond donors (Lipinski definition) is 2. The van der Waals surface area contributed by atoms with Crippen molar-refractivity contribution in [1.29, 1.82) is 0 Å². The van der Waals surface area contributed by atoms with Crippen molar-refractivity contribution in [2.45, 2.75) is 25.4 Å². The fourth-order valence-electron chi connectivity index (χ4n) is 3.06. The molecule has 1 atom stereocenters. The summed E-state index contributed by atoms with van der Waals surface area (Å²) in [7, 11) is 3.61. The molecule has 0 radical (unpaired) electrons. The van der Waals surface area contributed by atoms with Crippen LogP contribution in [-0.4, -0.2) is 42.0 Å². The lowest BCUT2D eigenvalue weighted by Crippen LogP contribution is -2.42. The van der Waals surface area contributed by atoms with E-state index in [-0.39, 0.29) is 11.9 Å². The van der Waals surface area contributed by atoms with Gasteiger partial charge >= 0.3 is 0 Å². The van der Waals surface area contributed by atoms with Crippen LogP contribution in [0.3, 0.4) is 0 Å². The lowest BCUT2D eigenvalue weighted by atomic mass is 10.2. The average molecular weight is 287 g/mol. The summed E-state index contributed by atoms with van der Waals surface area (Å²) < 4.78 is 2.09. The fraction of sp³-hybridized carbons (Fsp3) is 0.467. The van der Waals surface area contributed by atoms with Crippen LogP contribution >= 0.6 is 0 Å². The van der Waals surface area contributed by atoms with E-state index in [1.54, 1.807) is 7.05 Å². The third-order valence-corrected chi connectivity index (χ3v) is 4.03. The minimum atomic E-state index is -0.115. The Morgan fingerprint density at radius 1 is 1.43 bits per heavy atom. The highest BCUT2D eigenvalue weighted by Crippen LogP contribution is 2.29. The van der Waals surface area contributed by atoms with E-state index in [4.69, 9.17) is 4.98 Å². The number of nitrogens with zero attached hydrogens (tertiary/aromatic N) is 3. The summed E-state index contributed by atoms with van der Waals surface area (Å²) in [6.07, 6.45) is 3.92. The third kappa shape index (κ3) is 2.35. The molecule has 1 aliphatic rings. The zero-order chi connectivity index (χ0) is 14.8. The summed E-state index contributed by atoms with van der Waals surface area (Å²) in [5, 5.41) is 5.96. The van der Waals surface area contributed by atoms with Crippen LogP contribution in [0, 0.1) is 0 Å². The Morgan fingerprint density at radius 2 is 2.29 bits per heavy atom. The van der Waals surface area contributed by atoms with Crippen LogP contribution in [0.4, 0.5) is 5.82 Å². The summed E-state index contributed by atoms with van der Waals surface area (Å²) in [5.41, 5.74) is 2.02. The number of likely N-dealkylation sites (N-methyl/N-ethyl adjacent to an activating group) is 1. The van der Waals surface area contributed by atoms with Crippen LogP contribution in [0.2, 0.25) is 0 Å². The Morgan fingerprint density at radius 3 is 3.05 bits per heavy atom. The van der Waals surface area contributed by atoms with E-state index in [1.165, 1.54) is 0 Å². The van der Waals surface area contributed by atoms with Gasteiger partial charge in [0, 0.05) is 26.3 Å². The molecule has 21 heavy (non-hydrogen) atoms. The second-order valence-electron chi connectivity index (χ2n) is 5.31. The summed E-state index contributed by atoms with van der Waals surface area (Å²) in [6.45, 7) is 1.59. The van der Waals surface area contributed by atoms with E-state index in [0.717, 1.165) is 43.1 Å². The molecule has 2 aromatic heterocycles. The van der Waals surface area contributed by atoms with Crippen molar-refractivity contribution >= 4 is 17.4 Å². The predicted octanol–water partition coefficient (Wildman–Crippen LogP) is 0.768. The minimum Gasteiger partial charge on any atom is -0.357 e. The van der Waals surface area contributed by atoms with Crippen LogP contribution in [0.5, 0.6) is 0 Å². The second-order valence-corrected chi connectivity index (χ2v) is 5.31. The molecule has 1 saturated heterocycles. The first kappa shape index (κ1) is 13.9. The Kier molecular flexibility index (Phi) is 3.79. The molecule has 0 aliphatic carbocycles. The van der Waals surface area contributed by atoms with E-state index >= 15 is 0 Å². The lowest BCUT2D eigenvalue weighted by molar-refractivity contribution is -0.121. The number of fused-ring (bicyclic) bond motifs is 1. The van der Waals surface area contributed by atoms with Gasteiger partial charge in [-0.3, -0.25) is 4.79 Å². The van der Waals surface area contributed by atoms with E-state index < -0.39 is 0 Å². The first-order valence-electron chi connectivity index (χ1n) is 7.35. The van der Waals surface area contributed by atoms with Gasteiger partial charge in [-0.25, -0.2) is 4.98 Å². The zero-order valence-corrected chi connectivity index (χ0v) is 12.5. The summed E-state index contributed by atoms with van der Waals surface area (Å²) in [5.74, 6) is 0.988. The fourth-order valence-corrected chi connectivity index (χ4v) is 3.06. The first-order valence-corrected chi connectivity index (χ1v) is 7.35. The van der Waals surface area contributed by atoms with Gasteiger partial charge in [0.25, 0.3) is 0 Å². The SMILES string of the molecule is CNCc1c(N2CCCC2C(=O)NC)nc2ccccn12. The van der Waals surface area contributed by atoms with Crippen LogP contribution in [0.1, 0.15) is 18.5 Å². The molecule has 2 aromatic rings. The Balaban J connectivity index is 2.06. The van der Waals surface area contributed by atoms with Crippen LogP contribution in [0.15, 0.2) is 24.4 Å². The van der Waals surface area contributed by atoms with Crippen molar-refractivity contribution in [3.63, 3.8) is 0 Å². The maximum absolute atomic E-state index is 12.1. The maximum atomic E-state index is 12.1. The molecule has 0 saturated carbocycles. The van der Waals surface area contributed by atoms with Crippen LogP contribution in [0.25, 0.3) is 5.65 Å². The predicted molar refractivity (Wildman–Crippen MR) is 82.4 cm³/mol. The molecule has 1 unspecified atom stereocenters. The molecule has 0 bridgehead atoms. The number of imidazole rings is 1. The van der Waals surface area contributed by atoms with Gasteiger partial charge in [0.1, 0.15) is 11.7 Å². The molecule has 3 heterocycles. The van der Waals surface area contributed by atoms with Gasteiger partial charge in [-0.15, -0.1) is 0 Å². The number of anilines is 1. The third-order valence-electron chi connectivity index (χ3n) is 4.03. The standard InChI is InChI=1S/C15H21N5O/c1-16-10-12-14(18-13-7-3-4-8-19(12)13)20-9-5-6-11(20)15(21)17-2/h3-4,7-8,11,16H,5-6,9-10H2,1-2H3,(H,17,21). The zero-order valence-electron chi connectivity index (χ0n) is 12.5. The number of carbonyl (C=O) groups excluding carboxylic acids is 1. The van der Waals surface area contributed by atoms with Gasteiger partial charge in [-0.05, 0) is 32.0 Å². The first-order chi connectivity index (χ1) is 10.3. The second kappa shape index (κ2) is 5.73. The van der Waals surface area contributed by atoms with Gasteiger partial charge in [-0.2, -0.15) is 0 Å². The molecular weight excluding hydrogens is 266 g/mol. The number of pyridine rings is 1. The highest BCUT2D eigenvalue weighted by molar-refractivity contribution is 5.85. The summed E-state index contributed by atoms with van der Waals surface area (Å²) in [6, 6.07) is 5.86. The Labute approximate surface area is 124 Å². The molecule has 6 nitrogen and oxygen atoms in total. The van der Waals surface area contributed by atoms with E-state index in [9.17, 15) is 4.79 Å². The average Bonchev–Trinajstić information content (AvgIpc) is 3.11. The van der Waals surface area contributed by atoms with Gasteiger partial charge in [-0.1, -0.05) is 6.07 Å². The van der Waals surface area contributed by atoms with Gasteiger partial charge in [0.2, 0.25) is 5.91 Å². The lowest BCUT2D eigenvalue weighted by Gasteiger charge is -2.24. The van der Waals surface area contributed by atoms with Crippen molar-refractivity contribution in [2.75, 3.05) is 25.5 Å². The number of amides is 1. The number of hydrogen-bond acceptors (Lipinski definition) is 4. The normalized spacial score (nSPS) is 18.4. The van der Waals surface area contributed by atoms with E-state index in [1.807, 2.05) is 31.4 Å². The quantitative estimate of drug-likeness (QED) is 0.872. The van der Waals surface area contributed by atoms with Crippen molar-refractivity contribution in [1.82, 2.24) is 20.0 Å². The van der Waals surface area contributed by atoms with E-state index in [2.05, 4.69) is 19.9 Å². The minimum absolute atomic E-state index is 0.0694. The molecule has 112 valence electrons. The van der Waals surface area contributed by atoms with Crippen molar-refractivity contribution < 1.29 is 4.79 Å². The number of carbonyl (C=O) groups is 1. The molecule has 0 aromatic carbocycles. The van der Waals surface area contributed by atoms with E-state index in [0.29, 0.717) is 0 Å². The molecule has 2 N–H and O–H groups in total. The number of rotatable bonds is 4. The Hall–Kier alpha value is -2.08. The molecule has 0 spiro atoms. The smallest absolute Gasteiger partial charge is 0.242 e. The molecule has 1 fully saturated rings. The van der Waals surface area contributed by atoms with Gasteiger partial charge < -0.3 is 19.9 Å². The van der Waals surface area contributed by atoms with Crippen molar-refractivity contribution in [3.8, 4) is 0 Å². The van der Waals surface area contributed by atoms with Crippen molar-refractivity contribution in [2.24, 2.45) is 0 Å². The summed E-state index contributed by atoms with van der Waals surface area (Å²) >= 11 is 0. The molecule has 3 rings (SSSR count). The van der Waals surface area contributed by atoms with Crippen molar-refractivity contribution in [3.05, 3.63) is 30.1 Å². The van der Waals surface area contributed by atoms with Gasteiger partial charge in [0.05, 0.1) is 5.69 Å². The topological polar surface area (TPSA) is 61.7 Å². The maximum Gasteiger partial charge on any atom is 0.242 e. The van der Waals surface area contributed by atoms with Gasteiger partial charge in [0.15, 0.2) is 5.82 Å². The number of nitrogens with one attached hydrogen (secondary N) is 2. The molecule has 6 heteroatoms. The highest BCUT2D eigenvalue weighted by Gasteiger charge is 2.33. The Bertz CT molecular complexity index is 651. The largest absolute Gasteiger partial charge is 0.357 e. The van der Waals surface area contributed by atoms with Crippen LogP contribution < -0.4 is 15.5 Å². The summed E-state index contributed by atoms with van der Waals surface area (Å²) in [4.78, 5) is 19.0. The molecule has 1 aliphatic heterocycles. The molecule has 1 amide bonds. The molecular formula is C15H21N5O. The number of aromatic nitrogens is 2. The highest BCUT2D eigenvalue weighted by atomic mass is 16.2. The monoisotopic (exact) mass is 287 g/mol.